The molecule has 1 aliphatic rings. The molecule has 2 aromatic heterocycles. The van der Waals surface area contributed by atoms with E-state index >= 15 is 0 Å². The summed E-state index contributed by atoms with van der Waals surface area (Å²) in [7, 11) is 0. The lowest BCUT2D eigenvalue weighted by Gasteiger charge is -2.30. The zero-order valence-electron chi connectivity index (χ0n) is 45.5. The van der Waals surface area contributed by atoms with Gasteiger partial charge in [0.15, 0.2) is 0 Å². The van der Waals surface area contributed by atoms with Crippen molar-refractivity contribution in [3.05, 3.63) is 289 Å². The molecule has 4 nitrogen and oxygen atoms in total. The highest BCUT2D eigenvalue weighted by Gasteiger charge is 2.41. The van der Waals surface area contributed by atoms with E-state index in [2.05, 4.69) is 290 Å². The van der Waals surface area contributed by atoms with Crippen molar-refractivity contribution in [3.63, 3.8) is 0 Å². The highest BCUT2D eigenvalue weighted by atomic mass is 15.1. The molecule has 14 aromatic rings. The Balaban J connectivity index is 0.901. The van der Waals surface area contributed by atoms with Crippen LogP contribution in [0, 0.1) is 0 Å². The number of benzene rings is 12. The minimum atomic E-state index is -0.210. The van der Waals surface area contributed by atoms with E-state index in [4.69, 9.17) is 9.97 Å². The van der Waals surface area contributed by atoms with Gasteiger partial charge in [0.25, 0.3) is 0 Å². The predicted molar refractivity (Wildman–Crippen MR) is 339 cm³/mol. The van der Waals surface area contributed by atoms with Crippen molar-refractivity contribution < 1.29 is 0 Å². The lowest BCUT2D eigenvalue weighted by Crippen LogP contribution is -2.23. The van der Waals surface area contributed by atoms with Crippen molar-refractivity contribution in [2.24, 2.45) is 0 Å². The van der Waals surface area contributed by atoms with Gasteiger partial charge in [-0.1, -0.05) is 269 Å². The number of fused-ring (bicyclic) bond motifs is 7. The third-order valence-electron chi connectivity index (χ3n) is 17.5. The normalized spacial score (nSPS) is 12.6. The van der Waals surface area contributed by atoms with E-state index in [9.17, 15) is 0 Å². The standard InChI is InChI=1S/C77H58N4/c1-3-77(4-2)67-45-51(49-80-73(55-29-13-7-14-30-55)71(53-25-9-5-10-26-53)78-75(80)69-61-37-21-17-33-57(61)47-58-34-18-22-38-62(58)69)41-43-65(67)66-44-42-52(46-68(66)77)50-81-74(56-31-15-8-16-32-56)72(54-27-11-6-12-28-54)79-76(81)70-63-39-23-19-35-59(63)48-60-36-20-24-40-64(60)70/h5-48H,3-4,49-50H2,1-2H3. The molecule has 0 N–H and O–H groups in total. The lowest BCUT2D eigenvalue weighted by atomic mass is 9.73. The Bertz CT molecular complexity index is 4290. The second-order valence-electron chi connectivity index (χ2n) is 21.8. The average molecular weight is 1040 g/mol. The van der Waals surface area contributed by atoms with Crippen LogP contribution in [-0.4, -0.2) is 19.1 Å². The van der Waals surface area contributed by atoms with E-state index < -0.39 is 0 Å². The van der Waals surface area contributed by atoms with Crippen LogP contribution < -0.4 is 0 Å². The molecule has 0 saturated carbocycles. The van der Waals surface area contributed by atoms with E-state index in [-0.39, 0.29) is 5.41 Å². The van der Waals surface area contributed by atoms with Gasteiger partial charge in [0.2, 0.25) is 0 Å². The molecule has 386 valence electrons. The van der Waals surface area contributed by atoms with Gasteiger partial charge in [0.1, 0.15) is 11.6 Å². The van der Waals surface area contributed by atoms with Gasteiger partial charge in [-0.3, -0.25) is 0 Å². The van der Waals surface area contributed by atoms with Crippen LogP contribution in [0.25, 0.3) is 122 Å². The van der Waals surface area contributed by atoms with Crippen molar-refractivity contribution in [3.8, 4) is 78.9 Å². The smallest absolute Gasteiger partial charge is 0.142 e. The van der Waals surface area contributed by atoms with E-state index in [1.54, 1.807) is 0 Å². The molecule has 0 radical (unpaired) electrons. The topological polar surface area (TPSA) is 35.6 Å². The lowest BCUT2D eigenvalue weighted by molar-refractivity contribution is 0.489. The van der Waals surface area contributed by atoms with Gasteiger partial charge in [-0.2, -0.15) is 0 Å². The maximum Gasteiger partial charge on any atom is 0.142 e. The minimum Gasteiger partial charge on any atom is -0.319 e. The van der Waals surface area contributed by atoms with Gasteiger partial charge in [0, 0.05) is 51.9 Å². The summed E-state index contributed by atoms with van der Waals surface area (Å²) < 4.78 is 5.03. The highest BCUT2D eigenvalue weighted by Crippen LogP contribution is 2.54. The summed E-state index contributed by atoms with van der Waals surface area (Å²) in [6.07, 6.45) is 1.93. The summed E-state index contributed by atoms with van der Waals surface area (Å²) >= 11 is 0. The minimum absolute atomic E-state index is 0.210. The molecule has 81 heavy (non-hydrogen) atoms. The van der Waals surface area contributed by atoms with Crippen LogP contribution in [0.1, 0.15) is 48.9 Å². The van der Waals surface area contributed by atoms with Gasteiger partial charge in [-0.05, 0) is 101 Å². The monoisotopic (exact) mass is 1040 g/mol. The molecule has 1 aliphatic carbocycles. The van der Waals surface area contributed by atoms with Crippen LogP contribution in [0.4, 0.5) is 0 Å². The third-order valence-corrected chi connectivity index (χ3v) is 17.5. The maximum atomic E-state index is 5.79. The van der Waals surface area contributed by atoms with E-state index in [0.717, 1.165) is 80.6 Å². The zero-order valence-corrected chi connectivity index (χ0v) is 45.5. The maximum absolute atomic E-state index is 5.79. The fourth-order valence-corrected chi connectivity index (χ4v) is 13.6. The van der Waals surface area contributed by atoms with Crippen molar-refractivity contribution in [2.45, 2.75) is 45.2 Å². The highest BCUT2D eigenvalue weighted by molar-refractivity contribution is 6.13. The van der Waals surface area contributed by atoms with Gasteiger partial charge >= 0.3 is 0 Å². The molecule has 0 atom stereocenters. The second-order valence-corrected chi connectivity index (χ2v) is 21.8. The fraction of sp³-hybridized carbons (Fsp3) is 0.0909. The summed E-state index contributed by atoms with van der Waals surface area (Å²) in [4.78, 5) is 11.6. The number of nitrogens with zero attached hydrogens (tertiary/aromatic N) is 4. The molecule has 0 saturated heterocycles. The van der Waals surface area contributed by atoms with Crippen LogP contribution in [-0.2, 0) is 18.5 Å². The predicted octanol–water partition coefficient (Wildman–Crippen LogP) is 19.9. The van der Waals surface area contributed by atoms with Crippen LogP contribution in [0.2, 0.25) is 0 Å². The van der Waals surface area contributed by atoms with E-state index in [1.807, 2.05) is 0 Å². The van der Waals surface area contributed by atoms with Crippen LogP contribution >= 0.6 is 0 Å². The summed E-state index contributed by atoms with van der Waals surface area (Å²) in [5.41, 5.74) is 18.7. The molecule has 0 bridgehead atoms. The van der Waals surface area contributed by atoms with Crippen LogP contribution in [0.3, 0.4) is 0 Å². The van der Waals surface area contributed by atoms with Gasteiger partial charge in [0.05, 0.1) is 22.8 Å². The Morgan fingerprint density at radius 1 is 0.321 bits per heavy atom. The number of hydrogen-bond acceptors (Lipinski definition) is 2. The third kappa shape index (κ3) is 7.96. The summed E-state index contributed by atoms with van der Waals surface area (Å²) in [5, 5.41) is 9.58. The second kappa shape index (κ2) is 19.8. The van der Waals surface area contributed by atoms with Crippen LogP contribution in [0.15, 0.2) is 267 Å². The van der Waals surface area contributed by atoms with Crippen molar-refractivity contribution in [1.29, 1.82) is 0 Å². The largest absolute Gasteiger partial charge is 0.319 e. The number of hydrogen-bond donors (Lipinski definition) is 0. The number of aromatic nitrogens is 4. The van der Waals surface area contributed by atoms with Crippen molar-refractivity contribution >= 4 is 43.1 Å². The van der Waals surface area contributed by atoms with E-state index in [0.29, 0.717) is 13.1 Å². The molecular formula is C77H58N4. The first kappa shape index (κ1) is 48.2. The van der Waals surface area contributed by atoms with Crippen molar-refractivity contribution in [1.82, 2.24) is 19.1 Å². The molecule has 15 rings (SSSR count). The first-order chi connectivity index (χ1) is 40.1. The molecule has 0 spiro atoms. The van der Waals surface area contributed by atoms with Crippen LogP contribution in [0.5, 0.6) is 0 Å². The molecule has 4 heteroatoms. The molecule has 2 heterocycles. The first-order valence-corrected chi connectivity index (χ1v) is 28.6. The molecule has 0 unspecified atom stereocenters. The molecule has 0 fully saturated rings. The number of rotatable bonds is 12. The molecule has 0 aliphatic heterocycles. The summed E-state index contributed by atoms with van der Waals surface area (Å²) in [5.74, 6) is 1.93. The Morgan fingerprint density at radius 2 is 0.630 bits per heavy atom. The zero-order chi connectivity index (χ0) is 54.0. The molecule has 12 aromatic carbocycles. The Morgan fingerprint density at radius 3 is 0.963 bits per heavy atom. The average Bonchev–Trinajstić information content (AvgIpc) is 4.08. The van der Waals surface area contributed by atoms with E-state index in [1.165, 1.54) is 76.5 Å². The Labute approximate surface area is 472 Å². The van der Waals surface area contributed by atoms with Gasteiger partial charge in [-0.25, -0.2) is 9.97 Å². The van der Waals surface area contributed by atoms with Crippen molar-refractivity contribution in [2.75, 3.05) is 0 Å². The van der Waals surface area contributed by atoms with Gasteiger partial charge in [-0.15, -0.1) is 0 Å². The summed E-state index contributed by atoms with van der Waals surface area (Å²) in [6, 6.07) is 97.8. The molecule has 0 amide bonds. The molecular weight excluding hydrogens is 981 g/mol. The number of imidazole rings is 2. The first-order valence-electron chi connectivity index (χ1n) is 28.6. The fourth-order valence-electron chi connectivity index (χ4n) is 13.6. The Hall–Kier alpha value is -9.90. The summed E-state index contributed by atoms with van der Waals surface area (Å²) in [6.45, 7) is 6.04. The SMILES string of the molecule is CCC1(CC)c2cc(Cn3c(-c4c5ccccc5cc5ccccc45)nc(-c4ccccc4)c3-c3ccccc3)ccc2-c2ccc(Cn3c(-c4c5ccccc5cc5ccccc45)nc(-c4ccccc4)c3-c3ccccc3)cc21. The Kier molecular flexibility index (Phi) is 11.8. The quantitative estimate of drug-likeness (QED) is 0.114. The van der Waals surface area contributed by atoms with Gasteiger partial charge < -0.3 is 9.13 Å².